The van der Waals surface area contributed by atoms with Crippen LogP contribution in [0.2, 0.25) is 0 Å². The lowest BCUT2D eigenvalue weighted by Crippen LogP contribution is -2.35. The van der Waals surface area contributed by atoms with Crippen LogP contribution in [-0.4, -0.2) is 74.1 Å². The third-order valence-corrected chi connectivity index (χ3v) is 5.61. The SMILES string of the molecule is Cc1noc(C)c1CN1Cc2cn(C)nc2C(COCC2CC2)C1.O=C(O)C(F)(F)F.O=C(O)C(F)(F)F. The van der Waals surface area contributed by atoms with Gasteiger partial charge in [0, 0.05) is 56.5 Å². The molecule has 0 aromatic carbocycles. The summed E-state index contributed by atoms with van der Waals surface area (Å²) >= 11 is 0. The Kier molecular flexibility index (Phi) is 10.3. The molecule has 214 valence electrons. The van der Waals surface area contributed by atoms with Crippen molar-refractivity contribution in [1.29, 1.82) is 0 Å². The van der Waals surface area contributed by atoms with E-state index in [1.807, 2.05) is 25.6 Å². The molecule has 2 aliphatic rings. The number of alkyl halides is 6. The molecule has 4 rings (SSSR count). The zero-order chi connectivity index (χ0) is 28.8. The fourth-order valence-electron chi connectivity index (χ4n) is 3.59. The zero-order valence-corrected chi connectivity index (χ0v) is 20.8. The largest absolute Gasteiger partial charge is 0.490 e. The highest BCUT2D eigenvalue weighted by molar-refractivity contribution is 5.73. The Morgan fingerprint density at radius 3 is 2.08 bits per heavy atom. The number of fused-ring (bicyclic) bond motifs is 1. The van der Waals surface area contributed by atoms with Crippen molar-refractivity contribution < 1.29 is 55.4 Å². The van der Waals surface area contributed by atoms with E-state index in [-0.39, 0.29) is 0 Å². The molecular weight excluding hydrogens is 530 g/mol. The molecule has 1 atom stereocenters. The maximum Gasteiger partial charge on any atom is 0.490 e. The first-order chi connectivity index (χ1) is 17.5. The molecule has 16 heteroatoms. The molecule has 1 unspecified atom stereocenters. The molecule has 1 aliphatic heterocycles. The highest BCUT2D eigenvalue weighted by Gasteiger charge is 2.39. The van der Waals surface area contributed by atoms with Crippen LogP contribution >= 0.6 is 0 Å². The molecule has 3 heterocycles. The lowest BCUT2D eigenvalue weighted by Gasteiger charge is -2.31. The average molecular weight is 558 g/mol. The van der Waals surface area contributed by atoms with Crippen LogP contribution in [-0.2, 0) is 34.5 Å². The number of carbonyl (C=O) groups is 2. The molecule has 0 saturated heterocycles. The third-order valence-electron chi connectivity index (χ3n) is 5.61. The van der Waals surface area contributed by atoms with Crippen molar-refractivity contribution in [2.45, 2.75) is 58.0 Å². The zero-order valence-electron chi connectivity index (χ0n) is 20.8. The number of aromatic nitrogens is 3. The summed E-state index contributed by atoms with van der Waals surface area (Å²) in [5.41, 5.74) is 4.73. The number of nitrogens with zero attached hydrogens (tertiary/aromatic N) is 4. The number of halogens is 6. The molecular formula is C22H28F6N4O6. The van der Waals surface area contributed by atoms with Gasteiger partial charge in [-0.05, 0) is 32.6 Å². The number of ether oxygens (including phenoxy) is 1. The van der Waals surface area contributed by atoms with Gasteiger partial charge in [0.25, 0.3) is 0 Å². The van der Waals surface area contributed by atoms with Gasteiger partial charge in [0.05, 0.1) is 18.0 Å². The molecule has 0 amide bonds. The van der Waals surface area contributed by atoms with Gasteiger partial charge >= 0.3 is 24.3 Å². The van der Waals surface area contributed by atoms with Crippen molar-refractivity contribution in [2.24, 2.45) is 13.0 Å². The Bertz CT molecular complexity index is 1050. The van der Waals surface area contributed by atoms with Crippen LogP contribution in [0.5, 0.6) is 0 Å². The summed E-state index contributed by atoms with van der Waals surface area (Å²) < 4.78 is 76.7. The number of rotatable bonds is 6. The van der Waals surface area contributed by atoms with Crippen molar-refractivity contribution >= 4 is 11.9 Å². The van der Waals surface area contributed by atoms with Crippen LogP contribution in [0.4, 0.5) is 26.3 Å². The Morgan fingerprint density at radius 2 is 1.63 bits per heavy atom. The molecule has 2 aromatic heterocycles. The molecule has 0 bridgehead atoms. The topological polar surface area (TPSA) is 131 Å². The minimum atomic E-state index is -5.08. The van der Waals surface area contributed by atoms with Crippen molar-refractivity contribution in [1.82, 2.24) is 19.8 Å². The second-order valence-electron chi connectivity index (χ2n) is 8.97. The number of hydrogen-bond donors (Lipinski definition) is 2. The highest BCUT2D eigenvalue weighted by Crippen LogP contribution is 2.32. The van der Waals surface area contributed by atoms with Gasteiger partial charge in [0.15, 0.2) is 0 Å². The summed E-state index contributed by atoms with van der Waals surface area (Å²) in [6, 6.07) is 0. The monoisotopic (exact) mass is 558 g/mol. The van der Waals surface area contributed by atoms with Crippen LogP contribution in [0.1, 0.15) is 47.0 Å². The molecule has 0 radical (unpaired) electrons. The van der Waals surface area contributed by atoms with E-state index in [0.717, 1.165) is 50.2 Å². The highest BCUT2D eigenvalue weighted by atomic mass is 19.4. The summed E-state index contributed by atoms with van der Waals surface area (Å²) in [4.78, 5) is 20.3. The maximum absolute atomic E-state index is 10.6. The molecule has 10 nitrogen and oxygen atoms in total. The average Bonchev–Trinajstić information content (AvgIpc) is 3.46. The third kappa shape index (κ3) is 9.63. The van der Waals surface area contributed by atoms with E-state index in [2.05, 4.69) is 16.3 Å². The standard InChI is InChI=1S/C18H26N4O2.2C2HF3O2/c1-12-17(13(2)24-20-12)9-22-7-15-6-21(3)19-18(15)16(8-22)11-23-10-14-4-5-14;2*3-2(4,5)1(6)7/h6,14,16H,4-5,7-11H2,1-3H3;2*(H,6,7). The first-order valence-corrected chi connectivity index (χ1v) is 11.3. The Hall–Kier alpha value is -3.14. The van der Waals surface area contributed by atoms with Gasteiger partial charge in [0.1, 0.15) is 5.76 Å². The van der Waals surface area contributed by atoms with Crippen LogP contribution in [0.25, 0.3) is 0 Å². The summed E-state index contributed by atoms with van der Waals surface area (Å²) in [5.74, 6) is -3.45. The Labute approximate surface area is 213 Å². The molecule has 1 saturated carbocycles. The molecule has 1 fully saturated rings. The normalized spacial score (nSPS) is 17.6. The molecule has 0 spiro atoms. The van der Waals surface area contributed by atoms with Gasteiger partial charge in [-0.2, -0.15) is 31.4 Å². The smallest absolute Gasteiger partial charge is 0.475 e. The van der Waals surface area contributed by atoms with Gasteiger partial charge in [0.2, 0.25) is 0 Å². The van der Waals surface area contributed by atoms with Crippen LogP contribution in [0, 0.1) is 19.8 Å². The van der Waals surface area contributed by atoms with Gasteiger partial charge in [-0.15, -0.1) is 0 Å². The Balaban J connectivity index is 0.000000301. The molecule has 2 N–H and O–H groups in total. The van der Waals surface area contributed by atoms with E-state index in [4.69, 9.17) is 34.2 Å². The van der Waals surface area contributed by atoms with Crippen molar-refractivity contribution in [2.75, 3.05) is 19.8 Å². The quantitative estimate of drug-likeness (QED) is 0.508. The first-order valence-electron chi connectivity index (χ1n) is 11.3. The lowest BCUT2D eigenvalue weighted by molar-refractivity contribution is -0.193. The van der Waals surface area contributed by atoms with E-state index in [1.165, 1.54) is 29.7 Å². The number of aryl methyl sites for hydroxylation is 3. The van der Waals surface area contributed by atoms with Crippen molar-refractivity contribution in [3.63, 3.8) is 0 Å². The fraction of sp³-hybridized carbons (Fsp3) is 0.636. The summed E-state index contributed by atoms with van der Waals surface area (Å²) in [7, 11) is 2.00. The Morgan fingerprint density at radius 1 is 1.08 bits per heavy atom. The van der Waals surface area contributed by atoms with Crippen LogP contribution < -0.4 is 0 Å². The van der Waals surface area contributed by atoms with E-state index in [1.54, 1.807) is 0 Å². The maximum atomic E-state index is 10.6. The second-order valence-corrected chi connectivity index (χ2v) is 8.97. The second kappa shape index (κ2) is 12.6. The fourth-order valence-corrected chi connectivity index (χ4v) is 3.59. The van der Waals surface area contributed by atoms with Crippen LogP contribution in [0.3, 0.4) is 0 Å². The van der Waals surface area contributed by atoms with Gasteiger partial charge < -0.3 is 19.5 Å². The van der Waals surface area contributed by atoms with Crippen LogP contribution in [0.15, 0.2) is 10.7 Å². The van der Waals surface area contributed by atoms with Crippen molar-refractivity contribution in [3.05, 3.63) is 34.5 Å². The summed E-state index contributed by atoms with van der Waals surface area (Å²) in [6.45, 7) is 8.44. The summed E-state index contributed by atoms with van der Waals surface area (Å²) in [6.07, 6.45) is -5.36. The van der Waals surface area contributed by atoms with Crippen molar-refractivity contribution in [3.8, 4) is 0 Å². The molecule has 1 aliphatic carbocycles. The minimum absolute atomic E-state index is 0.342. The number of carboxylic acid groups (broad SMARTS) is 2. The predicted molar refractivity (Wildman–Crippen MR) is 117 cm³/mol. The number of hydrogen-bond acceptors (Lipinski definition) is 7. The lowest BCUT2D eigenvalue weighted by atomic mass is 9.96. The van der Waals surface area contributed by atoms with E-state index in [0.29, 0.717) is 5.92 Å². The predicted octanol–water partition coefficient (Wildman–Crippen LogP) is 3.82. The van der Waals surface area contributed by atoms with E-state index >= 15 is 0 Å². The van der Waals surface area contributed by atoms with E-state index < -0.39 is 24.3 Å². The molecule has 38 heavy (non-hydrogen) atoms. The van der Waals surface area contributed by atoms with Gasteiger partial charge in [-0.25, -0.2) is 9.59 Å². The van der Waals surface area contributed by atoms with Gasteiger partial charge in [-0.3, -0.25) is 9.58 Å². The van der Waals surface area contributed by atoms with Gasteiger partial charge in [-0.1, -0.05) is 5.16 Å². The minimum Gasteiger partial charge on any atom is -0.475 e. The first kappa shape index (κ1) is 31.1. The summed E-state index contributed by atoms with van der Waals surface area (Å²) in [5, 5.41) is 23.0. The van der Waals surface area contributed by atoms with E-state index in [9.17, 15) is 26.3 Å². The number of carboxylic acids is 2. The number of aliphatic carboxylic acids is 2. The molecule has 2 aromatic rings.